The molecule has 0 spiro atoms. The molecule has 1 heterocycles. The first-order chi connectivity index (χ1) is 8.44. The number of piperazine rings is 1. The van der Waals surface area contributed by atoms with Crippen molar-refractivity contribution in [3.63, 3.8) is 0 Å². The van der Waals surface area contributed by atoms with Crippen LogP contribution in [0, 0.1) is 0 Å². The van der Waals surface area contributed by atoms with Crippen LogP contribution in [-0.2, 0) is 10.0 Å². The summed E-state index contributed by atoms with van der Waals surface area (Å²) in [6, 6.07) is 4.55. The molecule has 0 radical (unpaired) electrons. The summed E-state index contributed by atoms with van der Waals surface area (Å²) < 4.78 is 26.5. The van der Waals surface area contributed by atoms with Crippen LogP contribution in [0.15, 0.2) is 23.1 Å². The average Bonchev–Trinajstić information content (AvgIpc) is 2.32. The van der Waals surface area contributed by atoms with Gasteiger partial charge in [0.1, 0.15) is 4.90 Å². The highest BCUT2D eigenvalue weighted by atomic mass is 35.5. The van der Waals surface area contributed by atoms with Crippen LogP contribution in [0.25, 0.3) is 0 Å². The Bertz CT molecular complexity index is 548. The van der Waals surface area contributed by atoms with Crippen LogP contribution >= 0.6 is 23.2 Å². The standard InChI is InChI=1S/C11H14Cl2N2O2S/c1-8-7-14-5-6-15(8)18(16,17)10-4-2-3-9(12)11(10)13/h2-4,8,14H,5-7H2,1H3/t8-/m0/s1. The predicted octanol–water partition coefficient (Wildman–Crippen LogP) is 1.98. The maximum absolute atomic E-state index is 12.5. The van der Waals surface area contributed by atoms with Gasteiger partial charge in [-0.15, -0.1) is 0 Å². The van der Waals surface area contributed by atoms with Gasteiger partial charge < -0.3 is 5.32 Å². The molecule has 1 aromatic rings. The highest BCUT2D eigenvalue weighted by molar-refractivity contribution is 7.89. The first kappa shape index (κ1) is 14.1. The summed E-state index contributed by atoms with van der Waals surface area (Å²) in [6.45, 7) is 3.58. The lowest BCUT2D eigenvalue weighted by Gasteiger charge is -2.33. The predicted molar refractivity (Wildman–Crippen MR) is 72.7 cm³/mol. The van der Waals surface area contributed by atoms with Crippen molar-refractivity contribution in [3.05, 3.63) is 28.2 Å². The van der Waals surface area contributed by atoms with Crippen LogP contribution in [0.1, 0.15) is 6.92 Å². The molecule has 2 rings (SSSR count). The van der Waals surface area contributed by atoms with Crippen LogP contribution in [0.2, 0.25) is 10.0 Å². The number of benzene rings is 1. The number of hydrogen-bond acceptors (Lipinski definition) is 3. The molecular formula is C11H14Cl2N2O2S. The lowest BCUT2D eigenvalue weighted by Crippen LogP contribution is -2.52. The topological polar surface area (TPSA) is 49.4 Å². The van der Waals surface area contributed by atoms with Crippen LogP contribution in [-0.4, -0.2) is 38.4 Å². The third-order valence-electron chi connectivity index (χ3n) is 2.94. The van der Waals surface area contributed by atoms with Gasteiger partial charge in [-0.1, -0.05) is 29.3 Å². The maximum atomic E-state index is 12.5. The fourth-order valence-corrected chi connectivity index (χ4v) is 4.36. The largest absolute Gasteiger partial charge is 0.314 e. The van der Waals surface area contributed by atoms with Crippen LogP contribution < -0.4 is 5.32 Å². The smallest absolute Gasteiger partial charge is 0.244 e. The van der Waals surface area contributed by atoms with Crippen LogP contribution in [0.5, 0.6) is 0 Å². The molecule has 1 atom stereocenters. The zero-order valence-corrected chi connectivity index (χ0v) is 12.2. The van der Waals surface area contributed by atoms with Gasteiger partial charge in [-0.05, 0) is 19.1 Å². The lowest BCUT2D eigenvalue weighted by atomic mass is 10.3. The first-order valence-corrected chi connectivity index (χ1v) is 7.81. The number of hydrogen-bond donors (Lipinski definition) is 1. The van der Waals surface area contributed by atoms with Crippen molar-refractivity contribution >= 4 is 33.2 Å². The van der Waals surface area contributed by atoms with E-state index in [0.29, 0.717) is 19.6 Å². The Kier molecular flexibility index (Phi) is 4.18. The molecular weight excluding hydrogens is 295 g/mol. The molecule has 0 bridgehead atoms. The molecule has 18 heavy (non-hydrogen) atoms. The summed E-state index contributed by atoms with van der Waals surface area (Å²) in [5.74, 6) is 0. The van der Waals surface area contributed by atoms with E-state index in [1.54, 1.807) is 12.1 Å². The fourth-order valence-electron chi connectivity index (χ4n) is 1.99. The Balaban J connectivity index is 2.44. The molecule has 1 aromatic carbocycles. The van der Waals surface area contributed by atoms with E-state index in [2.05, 4.69) is 5.32 Å². The van der Waals surface area contributed by atoms with E-state index in [4.69, 9.17) is 23.2 Å². The van der Waals surface area contributed by atoms with Gasteiger partial charge in [0.15, 0.2) is 0 Å². The van der Waals surface area contributed by atoms with E-state index >= 15 is 0 Å². The zero-order chi connectivity index (χ0) is 13.3. The Hall–Kier alpha value is -0.330. The average molecular weight is 309 g/mol. The van der Waals surface area contributed by atoms with E-state index in [1.165, 1.54) is 10.4 Å². The maximum Gasteiger partial charge on any atom is 0.244 e. The molecule has 0 saturated carbocycles. The summed E-state index contributed by atoms with van der Waals surface area (Å²) in [4.78, 5) is 0.0745. The number of nitrogens with zero attached hydrogens (tertiary/aromatic N) is 1. The van der Waals surface area contributed by atoms with Crippen molar-refractivity contribution in [3.8, 4) is 0 Å². The number of sulfonamides is 1. The molecule has 100 valence electrons. The molecule has 0 unspecified atom stereocenters. The van der Waals surface area contributed by atoms with Crippen LogP contribution in [0.4, 0.5) is 0 Å². The SMILES string of the molecule is C[C@H]1CNCCN1S(=O)(=O)c1cccc(Cl)c1Cl. The van der Waals surface area contributed by atoms with Gasteiger partial charge >= 0.3 is 0 Å². The summed E-state index contributed by atoms with van der Waals surface area (Å²) >= 11 is 11.9. The van der Waals surface area contributed by atoms with E-state index < -0.39 is 10.0 Å². The molecule has 1 fully saturated rings. The van der Waals surface area contributed by atoms with Crippen molar-refractivity contribution in [2.75, 3.05) is 19.6 Å². The van der Waals surface area contributed by atoms with Crippen molar-refractivity contribution in [1.82, 2.24) is 9.62 Å². The highest BCUT2D eigenvalue weighted by Crippen LogP contribution is 2.31. The molecule has 0 aliphatic carbocycles. The highest BCUT2D eigenvalue weighted by Gasteiger charge is 2.32. The summed E-state index contributed by atoms with van der Waals surface area (Å²) in [5.41, 5.74) is 0. The Morgan fingerprint density at radius 3 is 2.78 bits per heavy atom. The van der Waals surface area contributed by atoms with E-state index in [1.807, 2.05) is 6.92 Å². The zero-order valence-electron chi connectivity index (χ0n) is 9.86. The Labute approximate surface area is 117 Å². The molecule has 4 nitrogen and oxygen atoms in total. The second-order valence-electron chi connectivity index (χ2n) is 4.22. The first-order valence-electron chi connectivity index (χ1n) is 5.61. The third-order valence-corrected chi connectivity index (χ3v) is 5.93. The van der Waals surface area contributed by atoms with Crippen molar-refractivity contribution in [2.24, 2.45) is 0 Å². The van der Waals surface area contributed by atoms with Crippen molar-refractivity contribution < 1.29 is 8.42 Å². The quantitative estimate of drug-likeness (QED) is 0.909. The Morgan fingerprint density at radius 2 is 2.11 bits per heavy atom. The molecule has 1 aliphatic heterocycles. The minimum Gasteiger partial charge on any atom is -0.314 e. The van der Waals surface area contributed by atoms with Gasteiger partial charge in [-0.25, -0.2) is 8.42 Å². The fraction of sp³-hybridized carbons (Fsp3) is 0.455. The number of halogens is 2. The summed E-state index contributed by atoms with van der Waals surface area (Å²) in [6.07, 6.45) is 0. The van der Waals surface area contributed by atoms with Gasteiger partial charge in [0.05, 0.1) is 10.0 Å². The monoisotopic (exact) mass is 308 g/mol. The van der Waals surface area contributed by atoms with Crippen molar-refractivity contribution in [2.45, 2.75) is 17.9 Å². The third kappa shape index (κ3) is 2.51. The van der Waals surface area contributed by atoms with Gasteiger partial charge in [-0.3, -0.25) is 0 Å². The van der Waals surface area contributed by atoms with Gasteiger partial charge in [-0.2, -0.15) is 4.31 Å². The van der Waals surface area contributed by atoms with E-state index in [-0.39, 0.29) is 21.0 Å². The summed E-state index contributed by atoms with van der Waals surface area (Å²) in [5, 5.41) is 3.49. The number of rotatable bonds is 2. The molecule has 1 N–H and O–H groups in total. The van der Waals surface area contributed by atoms with Crippen molar-refractivity contribution in [1.29, 1.82) is 0 Å². The second-order valence-corrected chi connectivity index (χ2v) is 6.86. The summed E-state index contributed by atoms with van der Waals surface area (Å²) in [7, 11) is -3.59. The molecule has 1 aliphatic rings. The van der Waals surface area contributed by atoms with Crippen LogP contribution in [0.3, 0.4) is 0 Å². The minimum atomic E-state index is -3.59. The molecule has 0 aromatic heterocycles. The molecule has 7 heteroatoms. The molecule has 1 saturated heterocycles. The van der Waals surface area contributed by atoms with E-state index in [9.17, 15) is 8.42 Å². The second kappa shape index (κ2) is 5.35. The number of nitrogens with one attached hydrogen (secondary N) is 1. The van der Waals surface area contributed by atoms with Gasteiger partial charge in [0, 0.05) is 25.7 Å². The Morgan fingerprint density at radius 1 is 1.39 bits per heavy atom. The van der Waals surface area contributed by atoms with Gasteiger partial charge in [0.2, 0.25) is 10.0 Å². The minimum absolute atomic E-state index is 0.0745. The molecule has 0 amide bonds. The van der Waals surface area contributed by atoms with E-state index in [0.717, 1.165) is 0 Å². The normalized spacial score (nSPS) is 22.1. The van der Waals surface area contributed by atoms with Gasteiger partial charge in [0.25, 0.3) is 0 Å². The lowest BCUT2D eigenvalue weighted by molar-refractivity contribution is 0.284.